The van der Waals surface area contributed by atoms with Crippen molar-refractivity contribution in [3.05, 3.63) is 0 Å². The molecule has 0 bridgehead atoms. The van der Waals surface area contributed by atoms with Crippen LogP contribution in [0.3, 0.4) is 0 Å². The van der Waals surface area contributed by atoms with Crippen LogP contribution in [0.15, 0.2) is 0 Å². The summed E-state index contributed by atoms with van der Waals surface area (Å²) >= 11 is 12.0. The molecule has 0 unspecified atom stereocenters. The van der Waals surface area contributed by atoms with E-state index in [1.165, 1.54) is 0 Å². The van der Waals surface area contributed by atoms with Crippen molar-refractivity contribution in [1.82, 2.24) is 10.2 Å². The number of rotatable bonds is 3. The molecular weight excluding hydrogens is 299 g/mol. The van der Waals surface area contributed by atoms with Gasteiger partial charge in [-0.15, -0.1) is 23.2 Å². The van der Waals surface area contributed by atoms with E-state index < -0.39 is 9.75 Å². The summed E-state index contributed by atoms with van der Waals surface area (Å²) < 4.78 is -0.925. The van der Waals surface area contributed by atoms with Crippen molar-refractivity contribution in [2.75, 3.05) is 13.1 Å². The average molecular weight is 321 g/mol. The molecule has 20 heavy (non-hydrogen) atoms. The van der Waals surface area contributed by atoms with Crippen LogP contribution in [0.2, 0.25) is 0 Å². The second-order valence-electron chi connectivity index (χ2n) is 6.44. The Hall–Kier alpha value is -0.480. The average Bonchev–Trinajstić information content (AvgIpc) is 2.90. The normalized spacial score (nSPS) is 29.4. The third-order valence-electron chi connectivity index (χ3n) is 4.39. The molecule has 2 amide bonds. The van der Waals surface area contributed by atoms with Crippen molar-refractivity contribution < 1.29 is 9.59 Å². The molecule has 0 aromatic rings. The lowest BCUT2D eigenvalue weighted by Gasteiger charge is -2.34. The van der Waals surface area contributed by atoms with Crippen LogP contribution in [0.5, 0.6) is 0 Å². The molecule has 1 saturated heterocycles. The number of nitrogens with zero attached hydrogens (tertiary/aromatic N) is 1. The zero-order chi connectivity index (χ0) is 15.1. The van der Waals surface area contributed by atoms with E-state index >= 15 is 0 Å². The summed E-state index contributed by atoms with van der Waals surface area (Å²) in [5.41, 5.74) is -0.666. The lowest BCUT2D eigenvalue weighted by Crippen LogP contribution is -2.49. The Kier molecular flexibility index (Phi) is 4.27. The number of hydrogen-bond acceptors (Lipinski definition) is 2. The van der Waals surface area contributed by atoms with Crippen LogP contribution >= 0.6 is 23.2 Å². The van der Waals surface area contributed by atoms with Gasteiger partial charge in [0.15, 0.2) is 0 Å². The molecular formula is C14H22Cl2N2O2. The summed E-state index contributed by atoms with van der Waals surface area (Å²) in [4.78, 5) is 25.9. The first-order valence-electron chi connectivity index (χ1n) is 7.15. The summed E-state index contributed by atoms with van der Waals surface area (Å²) in [6.07, 6.45) is 2.08. The minimum Gasteiger partial charge on any atom is -0.353 e. The van der Waals surface area contributed by atoms with Gasteiger partial charge >= 0.3 is 0 Å². The Morgan fingerprint density at radius 3 is 2.15 bits per heavy atom. The highest BCUT2D eigenvalue weighted by Crippen LogP contribution is 2.63. The molecule has 114 valence electrons. The van der Waals surface area contributed by atoms with E-state index in [0.717, 1.165) is 12.8 Å². The first-order valence-corrected chi connectivity index (χ1v) is 7.90. The van der Waals surface area contributed by atoms with Gasteiger partial charge in [0.1, 0.15) is 4.33 Å². The van der Waals surface area contributed by atoms with E-state index in [4.69, 9.17) is 23.2 Å². The fraction of sp³-hybridized carbons (Fsp3) is 0.857. The van der Waals surface area contributed by atoms with E-state index in [-0.39, 0.29) is 23.8 Å². The van der Waals surface area contributed by atoms with Gasteiger partial charge in [-0.2, -0.15) is 0 Å². The van der Waals surface area contributed by atoms with Crippen LogP contribution in [-0.4, -0.2) is 40.2 Å². The number of hydrogen-bond donors (Lipinski definition) is 1. The summed E-state index contributed by atoms with van der Waals surface area (Å²) in [6, 6.07) is 0.111. The predicted octanol–water partition coefficient (Wildman–Crippen LogP) is 2.33. The van der Waals surface area contributed by atoms with Gasteiger partial charge < -0.3 is 10.2 Å². The SMILES string of the molecule is CC(C)C(=O)N1CCC(NC(=O)[C@@]2(C)CC2(Cl)Cl)CC1. The molecule has 0 radical (unpaired) electrons. The summed E-state index contributed by atoms with van der Waals surface area (Å²) in [5, 5.41) is 3.02. The minimum absolute atomic E-state index is 0.0274. The maximum Gasteiger partial charge on any atom is 0.229 e. The van der Waals surface area contributed by atoms with Gasteiger partial charge in [-0.25, -0.2) is 0 Å². The largest absolute Gasteiger partial charge is 0.353 e. The van der Waals surface area contributed by atoms with Crippen molar-refractivity contribution >= 4 is 35.0 Å². The maximum absolute atomic E-state index is 12.2. The van der Waals surface area contributed by atoms with E-state index in [9.17, 15) is 9.59 Å². The van der Waals surface area contributed by atoms with Crippen LogP contribution in [0.25, 0.3) is 0 Å². The number of likely N-dealkylation sites (tertiary alicyclic amines) is 1. The highest BCUT2D eigenvalue weighted by molar-refractivity contribution is 6.53. The number of amides is 2. The van der Waals surface area contributed by atoms with Gasteiger partial charge in [0.25, 0.3) is 0 Å². The smallest absolute Gasteiger partial charge is 0.229 e. The molecule has 2 rings (SSSR count). The molecule has 1 aliphatic heterocycles. The lowest BCUT2D eigenvalue weighted by molar-refractivity contribution is -0.135. The molecule has 0 aromatic heterocycles. The Morgan fingerprint density at radius 1 is 1.25 bits per heavy atom. The minimum atomic E-state index is -0.925. The maximum atomic E-state index is 12.2. The molecule has 2 aliphatic rings. The molecule has 1 heterocycles. The van der Waals surface area contributed by atoms with Gasteiger partial charge in [-0.1, -0.05) is 13.8 Å². The molecule has 1 N–H and O–H groups in total. The molecule has 1 atom stereocenters. The summed E-state index contributed by atoms with van der Waals surface area (Å²) in [7, 11) is 0. The van der Waals surface area contributed by atoms with Crippen molar-refractivity contribution in [3.8, 4) is 0 Å². The molecule has 4 nitrogen and oxygen atoms in total. The van der Waals surface area contributed by atoms with Crippen LogP contribution in [0.4, 0.5) is 0 Å². The summed E-state index contributed by atoms with van der Waals surface area (Å²) in [5.74, 6) is 0.139. The number of carbonyl (C=O) groups is 2. The van der Waals surface area contributed by atoms with Gasteiger partial charge in [0.2, 0.25) is 11.8 Å². The van der Waals surface area contributed by atoms with E-state index in [1.54, 1.807) is 6.92 Å². The second kappa shape index (κ2) is 5.38. The zero-order valence-corrected chi connectivity index (χ0v) is 13.7. The topological polar surface area (TPSA) is 49.4 Å². The predicted molar refractivity (Wildman–Crippen MR) is 79.7 cm³/mol. The third-order valence-corrected chi connectivity index (χ3v) is 5.50. The van der Waals surface area contributed by atoms with Crippen LogP contribution < -0.4 is 5.32 Å². The quantitative estimate of drug-likeness (QED) is 0.811. The fourth-order valence-corrected chi connectivity index (χ4v) is 3.31. The fourth-order valence-electron chi connectivity index (χ4n) is 2.60. The van der Waals surface area contributed by atoms with Crippen LogP contribution in [0, 0.1) is 11.3 Å². The van der Waals surface area contributed by atoms with Gasteiger partial charge in [0, 0.05) is 25.0 Å². The van der Waals surface area contributed by atoms with Gasteiger partial charge in [-0.3, -0.25) is 9.59 Å². The number of nitrogens with one attached hydrogen (secondary N) is 1. The highest BCUT2D eigenvalue weighted by Gasteiger charge is 2.68. The van der Waals surface area contributed by atoms with Gasteiger partial charge in [-0.05, 0) is 26.2 Å². The molecule has 0 aromatic carbocycles. The Labute approximate surface area is 130 Å². The van der Waals surface area contributed by atoms with Crippen molar-refractivity contribution in [2.45, 2.75) is 50.4 Å². The second-order valence-corrected chi connectivity index (χ2v) is 7.92. The Morgan fingerprint density at radius 2 is 1.75 bits per heavy atom. The molecule has 0 spiro atoms. The van der Waals surface area contributed by atoms with Crippen LogP contribution in [-0.2, 0) is 9.59 Å². The van der Waals surface area contributed by atoms with E-state index in [2.05, 4.69) is 5.32 Å². The third kappa shape index (κ3) is 2.91. The Bertz CT molecular complexity index is 417. The van der Waals surface area contributed by atoms with Gasteiger partial charge in [0.05, 0.1) is 5.41 Å². The molecule has 1 aliphatic carbocycles. The molecule has 2 fully saturated rings. The Balaban J connectivity index is 1.81. The van der Waals surface area contributed by atoms with Crippen molar-refractivity contribution in [1.29, 1.82) is 0 Å². The highest BCUT2D eigenvalue weighted by atomic mass is 35.5. The number of halogens is 2. The van der Waals surface area contributed by atoms with Crippen LogP contribution in [0.1, 0.15) is 40.0 Å². The molecule has 6 heteroatoms. The van der Waals surface area contributed by atoms with E-state index in [1.807, 2.05) is 18.7 Å². The number of alkyl halides is 2. The number of piperidine rings is 1. The lowest BCUT2D eigenvalue weighted by atomic mass is 10.0. The number of carbonyl (C=O) groups excluding carboxylic acids is 2. The first-order chi connectivity index (χ1) is 9.17. The summed E-state index contributed by atoms with van der Waals surface area (Å²) in [6.45, 7) is 7.01. The molecule has 1 saturated carbocycles. The monoisotopic (exact) mass is 320 g/mol. The van der Waals surface area contributed by atoms with Crippen molar-refractivity contribution in [2.24, 2.45) is 11.3 Å². The zero-order valence-electron chi connectivity index (χ0n) is 12.2. The van der Waals surface area contributed by atoms with Crippen molar-refractivity contribution in [3.63, 3.8) is 0 Å². The first kappa shape index (κ1) is 15.9. The van der Waals surface area contributed by atoms with E-state index in [0.29, 0.717) is 19.5 Å². The standard InChI is InChI=1S/C14H22Cl2N2O2/c1-9(2)11(19)18-6-4-10(5-7-18)17-12(20)13(3)8-14(13,15)16/h9-10H,4-8H2,1-3H3,(H,17,20)/t13-/m1/s1.